The third-order valence-corrected chi connectivity index (χ3v) is 4.52. The van der Waals surface area contributed by atoms with Gasteiger partial charge < -0.3 is 31.6 Å². The van der Waals surface area contributed by atoms with Crippen LogP contribution in [0.4, 0.5) is 5.69 Å². The third kappa shape index (κ3) is 8.75. The summed E-state index contributed by atoms with van der Waals surface area (Å²) >= 11 is 0. The standard InChI is InChI=1S/C21H32N3O3.ClH/c1-5-23(6-2)20-10-8-18(9-11-20)16-19(17-22)21(26)27-15-13-24(3,4)12-7-14-25;/h8-11,16,25H,5-7,12-15H2,1-4H3;1H/q+1;/p-1. The zero-order valence-corrected chi connectivity index (χ0v) is 18.1. The van der Waals surface area contributed by atoms with Gasteiger partial charge in [0, 0.05) is 31.8 Å². The lowest BCUT2D eigenvalue weighted by molar-refractivity contribution is -0.890. The van der Waals surface area contributed by atoms with Gasteiger partial charge >= 0.3 is 5.97 Å². The minimum Gasteiger partial charge on any atom is -1.00 e. The average Bonchev–Trinajstić information content (AvgIpc) is 2.66. The number of carbonyl (C=O) groups excluding carboxylic acids is 1. The minimum atomic E-state index is -0.604. The molecule has 28 heavy (non-hydrogen) atoms. The number of nitriles is 1. The van der Waals surface area contributed by atoms with Crippen molar-refractivity contribution in [1.82, 2.24) is 0 Å². The summed E-state index contributed by atoms with van der Waals surface area (Å²) in [6, 6.07) is 9.69. The number of aliphatic hydroxyl groups excluding tert-OH is 1. The fourth-order valence-corrected chi connectivity index (χ4v) is 2.75. The van der Waals surface area contributed by atoms with Gasteiger partial charge in [-0.05, 0) is 37.6 Å². The number of nitrogens with zero attached hydrogens (tertiary/aromatic N) is 3. The van der Waals surface area contributed by atoms with E-state index in [2.05, 4.69) is 18.7 Å². The minimum absolute atomic E-state index is 0. The van der Waals surface area contributed by atoms with Gasteiger partial charge in [0.15, 0.2) is 0 Å². The number of esters is 1. The van der Waals surface area contributed by atoms with E-state index in [0.29, 0.717) is 17.4 Å². The van der Waals surface area contributed by atoms with E-state index in [9.17, 15) is 10.1 Å². The Bertz CT molecular complexity index is 662. The van der Waals surface area contributed by atoms with E-state index in [-0.39, 0.29) is 31.2 Å². The predicted molar refractivity (Wildman–Crippen MR) is 108 cm³/mol. The molecule has 0 aliphatic rings. The normalized spacial score (nSPS) is 11.4. The summed E-state index contributed by atoms with van der Waals surface area (Å²) in [7, 11) is 4.03. The second-order valence-electron chi connectivity index (χ2n) is 7.03. The largest absolute Gasteiger partial charge is 1.00 e. The highest BCUT2D eigenvalue weighted by molar-refractivity contribution is 5.97. The molecule has 1 aromatic carbocycles. The Morgan fingerprint density at radius 3 is 2.32 bits per heavy atom. The van der Waals surface area contributed by atoms with Crippen LogP contribution < -0.4 is 17.3 Å². The Balaban J connectivity index is 0.00000729. The van der Waals surface area contributed by atoms with Gasteiger partial charge in [-0.1, -0.05) is 12.1 Å². The molecule has 156 valence electrons. The van der Waals surface area contributed by atoms with Gasteiger partial charge in [0.25, 0.3) is 0 Å². The molecular formula is C21H32ClN3O3. The lowest BCUT2D eigenvalue weighted by Gasteiger charge is -2.29. The zero-order valence-electron chi connectivity index (χ0n) is 17.3. The lowest BCUT2D eigenvalue weighted by Crippen LogP contribution is -3.00. The van der Waals surface area contributed by atoms with Crippen molar-refractivity contribution in [3.63, 3.8) is 0 Å². The van der Waals surface area contributed by atoms with E-state index in [0.717, 1.165) is 30.9 Å². The first-order valence-electron chi connectivity index (χ1n) is 9.43. The highest BCUT2D eigenvalue weighted by Gasteiger charge is 2.17. The van der Waals surface area contributed by atoms with E-state index >= 15 is 0 Å². The number of halogens is 1. The molecule has 6 nitrogen and oxygen atoms in total. The van der Waals surface area contributed by atoms with Crippen molar-refractivity contribution in [3.8, 4) is 6.07 Å². The predicted octanol–water partition coefficient (Wildman–Crippen LogP) is -0.554. The van der Waals surface area contributed by atoms with Crippen LogP contribution >= 0.6 is 0 Å². The van der Waals surface area contributed by atoms with E-state index < -0.39 is 5.97 Å². The number of anilines is 1. The SMILES string of the molecule is CCN(CC)c1ccc(C=C(C#N)C(=O)OCC[N+](C)(C)CCCO)cc1.[Cl-]. The number of hydrogen-bond acceptors (Lipinski definition) is 5. The molecule has 0 bridgehead atoms. The molecule has 7 heteroatoms. The van der Waals surface area contributed by atoms with E-state index in [1.54, 1.807) is 6.08 Å². The van der Waals surface area contributed by atoms with Gasteiger partial charge in [-0.25, -0.2) is 4.79 Å². The van der Waals surface area contributed by atoms with Crippen molar-refractivity contribution in [3.05, 3.63) is 35.4 Å². The highest BCUT2D eigenvalue weighted by atomic mass is 35.5. The van der Waals surface area contributed by atoms with Crippen LogP contribution in [0.2, 0.25) is 0 Å². The molecule has 0 amide bonds. The van der Waals surface area contributed by atoms with Crippen LogP contribution in [0.15, 0.2) is 29.8 Å². The van der Waals surface area contributed by atoms with E-state index in [4.69, 9.17) is 9.84 Å². The van der Waals surface area contributed by atoms with Crippen molar-refractivity contribution in [2.75, 3.05) is 58.4 Å². The van der Waals surface area contributed by atoms with Crippen LogP contribution in [0.5, 0.6) is 0 Å². The topological polar surface area (TPSA) is 73.6 Å². The van der Waals surface area contributed by atoms with Crippen molar-refractivity contribution in [2.24, 2.45) is 0 Å². The molecule has 0 unspecified atom stereocenters. The zero-order chi connectivity index (χ0) is 20.3. The van der Waals surface area contributed by atoms with Gasteiger partial charge in [0.2, 0.25) is 0 Å². The Kier molecular flexibility index (Phi) is 12.2. The number of benzene rings is 1. The molecule has 1 N–H and O–H groups in total. The highest BCUT2D eigenvalue weighted by Crippen LogP contribution is 2.17. The summed E-state index contributed by atoms with van der Waals surface area (Å²) in [6.45, 7) is 7.86. The lowest BCUT2D eigenvalue weighted by atomic mass is 10.1. The number of ether oxygens (including phenoxy) is 1. The van der Waals surface area contributed by atoms with Crippen LogP contribution in [0.3, 0.4) is 0 Å². The fourth-order valence-electron chi connectivity index (χ4n) is 2.75. The van der Waals surface area contributed by atoms with Crippen molar-refractivity contribution in [2.45, 2.75) is 20.3 Å². The Hall–Kier alpha value is -2.07. The maximum atomic E-state index is 12.2. The molecule has 0 saturated carbocycles. The van der Waals surface area contributed by atoms with Crippen molar-refractivity contribution in [1.29, 1.82) is 5.26 Å². The Morgan fingerprint density at radius 2 is 1.82 bits per heavy atom. The molecular weight excluding hydrogens is 378 g/mol. The summed E-state index contributed by atoms with van der Waals surface area (Å²) in [4.78, 5) is 14.4. The molecule has 0 aliphatic carbocycles. The maximum absolute atomic E-state index is 12.2. The third-order valence-electron chi connectivity index (χ3n) is 4.52. The molecule has 0 spiro atoms. The van der Waals surface area contributed by atoms with Gasteiger partial charge in [0.1, 0.15) is 24.8 Å². The average molecular weight is 410 g/mol. The van der Waals surface area contributed by atoms with E-state index in [1.807, 2.05) is 44.4 Å². The number of carbonyl (C=O) groups is 1. The summed E-state index contributed by atoms with van der Waals surface area (Å²) in [6.07, 6.45) is 2.26. The number of aliphatic hydroxyl groups is 1. The quantitative estimate of drug-likeness (QED) is 0.230. The Labute approximate surface area is 175 Å². The van der Waals surface area contributed by atoms with Crippen molar-refractivity contribution < 1.29 is 31.5 Å². The molecule has 1 aromatic rings. The first-order valence-corrected chi connectivity index (χ1v) is 9.43. The van der Waals surface area contributed by atoms with Crippen molar-refractivity contribution >= 4 is 17.7 Å². The Morgan fingerprint density at radius 1 is 1.21 bits per heavy atom. The summed E-state index contributed by atoms with van der Waals surface area (Å²) < 4.78 is 5.91. The summed E-state index contributed by atoms with van der Waals surface area (Å²) in [5.41, 5.74) is 1.89. The fraction of sp³-hybridized carbons (Fsp3) is 0.524. The number of likely N-dealkylation sites (N-methyl/N-ethyl adjacent to an activating group) is 1. The second-order valence-corrected chi connectivity index (χ2v) is 7.03. The van der Waals surface area contributed by atoms with Gasteiger partial charge in [-0.15, -0.1) is 0 Å². The van der Waals surface area contributed by atoms with Gasteiger partial charge in [-0.3, -0.25) is 0 Å². The van der Waals surface area contributed by atoms with Crippen LogP contribution in [-0.2, 0) is 9.53 Å². The monoisotopic (exact) mass is 409 g/mol. The summed E-state index contributed by atoms with van der Waals surface area (Å²) in [5.74, 6) is -0.604. The maximum Gasteiger partial charge on any atom is 0.349 e. The number of rotatable bonds is 11. The number of quaternary nitrogens is 1. The molecule has 0 saturated heterocycles. The molecule has 0 heterocycles. The molecule has 0 fully saturated rings. The summed E-state index contributed by atoms with van der Waals surface area (Å²) in [5, 5.41) is 18.2. The molecule has 1 rings (SSSR count). The number of hydrogen-bond donors (Lipinski definition) is 1. The second kappa shape index (κ2) is 13.2. The molecule has 0 aromatic heterocycles. The first kappa shape index (κ1) is 25.9. The van der Waals surface area contributed by atoms with Crippen LogP contribution in [-0.4, -0.2) is 69.0 Å². The van der Waals surface area contributed by atoms with Gasteiger partial charge in [-0.2, -0.15) is 5.26 Å². The first-order chi connectivity index (χ1) is 12.9. The molecule has 0 aliphatic heterocycles. The van der Waals surface area contributed by atoms with Crippen LogP contribution in [0.1, 0.15) is 25.8 Å². The molecule has 0 atom stereocenters. The van der Waals surface area contributed by atoms with Crippen LogP contribution in [0, 0.1) is 11.3 Å². The smallest absolute Gasteiger partial charge is 0.349 e. The van der Waals surface area contributed by atoms with Gasteiger partial charge in [0.05, 0.1) is 20.6 Å². The molecule has 0 radical (unpaired) electrons. The van der Waals surface area contributed by atoms with E-state index in [1.165, 1.54) is 0 Å². The van der Waals surface area contributed by atoms with Crippen LogP contribution in [0.25, 0.3) is 6.08 Å².